The van der Waals surface area contributed by atoms with Gasteiger partial charge in [-0.25, -0.2) is 8.42 Å². The third kappa shape index (κ3) is 4.27. The summed E-state index contributed by atoms with van der Waals surface area (Å²) in [7, 11) is -2.92. The smallest absolute Gasteiger partial charge is 0.309 e. The Morgan fingerprint density at radius 2 is 1.58 bits per heavy atom. The van der Waals surface area contributed by atoms with Gasteiger partial charge in [0.05, 0.1) is 21.8 Å². The van der Waals surface area contributed by atoms with Crippen molar-refractivity contribution in [2.45, 2.75) is 24.2 Å². The molecule has 2 aromatic heterocycles. The zero-order chi connectivity index (χ0) is 23.2. The fraction of sp³-hybridized carbons (Fsp3) is 0.278. The minimum absolute atomic E-state index is 0.260. The number of hydrogen-bond donors (Lipinski definition) is 0. The Balaban J connectivity index is 2.25. The second kappa shape index (κ2) is 7.62. The molecule has 31 heavy (non-hydrogen) atoms. The maximum Gasteiger partial charge on any atom is 0.417 e. The Labute approximate surface area is 172 Å². The van der Waals surface area contributed by atoms with Crippen molar-refractivity contribution in [3.8, 4) is 22.9 Å². The van der Waals surface area contributed by atoms with Gasteiger partial charge in [-0.3, -0.25) is 4.98 Å². The van der Waals surface area contributed by atoms with E-state index in [0.717, 1.165) is 16.7 Å². The summed E-state index contributed by atoms with van der Waals surface area (Å²) in [5, 5.41) is 7.44. The number of rotatable bonds is 4. The van der Waals surface area contributed by atoms with Crippen molar-refractivity contribution in [2.24, 2.45) is 7.05 Å². The van der Waals surface area contributed by atoms with Gasteiger partial charge in [-0.2, -0.15) is 26.3 Å². The van der Waals surface area contributed by atoms with Gasteiger partial charge in [-0.15, -0.1) is 10.2 Å². The maximum absolute atomic E-state index is 13.4. The molecule has 0 saturated heterocycles. The fourth-order valence-electron chi connectivity index (χ4n) is 2.86. The van der Waals surface area contributed by atoms with Crippen LogP contribution in [0.2, 0.25) is 0 Å². The number of nitrogens with zero attached hydrogens (tertiary/aromatic N) is 4. The van der Waals surface area contributed by atoms with Crippen LogP contribution in [0.1, 0.15) is 18.1 Å². The van der Waals surface area contributed by atoms with Gasteiger partial charge in [-0.05, 0) is 12.1 Å². The summed E-state index contributed by atoms with van der Waals surface area (Å²) in [4.78, 5) is 2.88. The molecule has 13 heteroatoms. The number of hydrogen-bond acceptors (Lipinski definition) is 5. The summed E-state index contributed by atoms with van der Waals surface area (Å²) in [5.41, 5.74) is -3.06. The largest absolute Gasteiger partial charge is 0.417 e. The van der Waals surface area contributed by atoms with E-state index in [-0.39, 0.29) is 17.2 Å². The predicted molar refractivity (Wildman–Crippen MR) is 97.4 cm³/mol. The van der Waals surface area contributed by atoms with Crippen LogP contribution in [0.4, 0.5) is 26.3 Å². The van der Waals surface area contributed by atoms with E-state index in [1.165, 1.54) is 26.1 Å². The van der Waals surface area contributed by atoms with Crippen molar-refractivity contribution in [2.75, 3.05) is 5.75 Å². The summed E-state index contributed by atoms with van der Waals surface area (Å²) in [5.74, 6) is -1.08. The zero-order valence-corrected chi connectivity index (χ0v) is 16.8. The maximum atomic E-state index is 13.4. The number of alkyl halides is 6. The molecule has 0 amide bonds. The second-order valence-electron chi connectivity index (χ2n) is 6.42. The molecule has 0 atom stereocenters. The number of benzene rings is 1. The van der Waals surface area contributed by atoms with Gasteiger partial charge in [0.1, 0.15) is 5.69 Å². The van der Waals surface area contributed by atoms with E-state index >= 15 is 0 Å². The molecule has 6 nitrogen and oxygen atoms in total. The molecule has 3 aromatic rings. The molecule has 2 heterocycles. The van der Waals surface area contributed by atoms with E-state index in [4.69, 9.17) is 0 Å². The Hall–Kier alpha value is -2.96. The molecular formula is C18H14F6N4O2S. The van der Waals surface area contributed by atoms with E-state index < -0.39 is 49.7 Å². The summed E-state index contributed by atoms with van der Waals surface area (Å²) < 4.78 is 105. The Morgan fingerprint density at radius 1 is 0.968 bits per heavy atom. The summed E-state index contributed by atoms with van der Waals surface area (Å²) >= 11 is 0. The number of aromatic nitrogens is 4. The Morgan fingerprint density at radius 3 is 2.16 bits per heavy atom. The monoisotopic (exact) mass is 464 g/mol. The van der Waals surface area contributed by atoms with Crippen LogP contribution in [-0.4, -0.2) is 33.9 Å². The Kier molecular flexibility index (Phi) is 5.59. The van der Waals surface area contributed by atoms with E-state index in [9.17, 15) is 34.8 Å². The lowest BCUT2D eigenvalue weighted by Crippen LogP contribution is -2.13. The van der Waals surface area contributed by atoms with Crippen LogP contribution < -0.4 is 0 Å². The third-order valence-electron chi connectivity index (χ3n) is 4.46. The van der Waals surface area contributed by atoms with Crippen molar-refractivity contribution in [3.05, 3.63) is 47.7 Å². The number of pyridine rings is 1. The van der Waals surface area contributed by atoms with E-state index in [0.29, 0.717) is 12.3 Å². The van der Waals surface area contributed by atoms with Crippen LogP contribution in [0, 0.1) is 0 Å². The van der Waals surface area contributed by atoms with Gasteiger partial charge in [0, 0.05) is 18.8 Å². The molecule has 0 N–H and O–H groups in total. The number of sulfone groups is 1. The van der Waals surface area contributed by atoms with Crippen LogP contribution >= 0.6 is 0 Å². The first-order valence-corrected chi connectivity index (χ1v) is 10.3. The quantitative estimate of drug-likeness (QED) is 0.536. The average Bonchev–Trinajstić information content (AvgIpc) is 3.07. The first-order chi connectivity index (χ1) is 14.3. The minimum Gasteiger partial charge on any atom is -0.309 e. The minimum atomic E-state index is -4.85. The SMILES string of the molecule is CCS(=O)(=O)c1cc(C(F)(F)F)cnc1-c1nnc(-c2ccccc2C(F)(F)F)n1C. The second-order valence-corrected chi connectivity index (χ2v) is 8.67. The molecule has 0 unspecified atom stereocenters. The van der Waals surface area contributed by atoms with Crippen LogP contribution in [0.15, 0.2) is 41.4 Å². The molecule has 0 aliphatic carbocycles. The lowest BCUT2D eigenvalue weighted by molar-refractivity contribution is -0.138. The predicted octanol–water partition coefficient (Wildman–Crippen LogP) is 4.38. The molecule has 0 aliphatic heterocycles. The molecule has 0 bridgehead atoms. The molecule has 0 fully saturated rings. The van der Waals surface area contributed by atoms with Gasteiger partial charge < -0.3 is 4.57 Å². The van der Waals surface area contributed by atoms with E-state index in [1.54, 1.807) is 0 Å². The fourth-order valence-corrected chi connectivity index (χ4v) is 3.91. The van der Waals surface area contributed by atoms with Gasteiger partial charge in [0.15, 0.2) is 21.5 Å². The topological polar surface area (TPSA) is 77.7 Å². The van der Waals surface area contributed by atoms with E-state index in [1.807, 2.05) is 0 Å². The third-order valence-corrected chi connectivity index (χ3v) is 6.20. The molecule has 1 aromatic carbocycles. The van der Waals surface area contributed by atoms with Crippen LogP contribution in [0.25, 0.3) is 22.9 Å². The molecule has 3 rings (SSSR count). The van der Waals surface area contributed by atoms with Crippen LogP contribution in [0.3, 0.4) is 0 Å². The normalized spacial score (nSPS) is 12.9. The lowest BCUT2D eigenvalue weighted by atomic mass is 10.1. The first-order valence-electron chi connectivity index (χ1n) is 8.63. The standard InChI is InChI=1S/C18H14F6N4O2S/c1-3-31(29,30)13-8-10(17(19,20)21)9-25-14(13)16-27-26-15(28(16)2)11-6-4-5-7-12(11)18(22,23)24/h4-9H,3H2,1-2H3. The van der Waals surface area contributed by atoms with Crippen molar-refractivity contribution in [1.82, 2.24) is 19.7 Å². The number of halogens is 6. The molecular weight excluding hydrogens is 450 g/mol. The van der Waals surface area contributed by atoms with Crippen molar-refractivity contribution in [3.63, 3.8) is 0 Å². The highest BCUT2D eigenvalue weighted by atomic mass is 32.2. The van der Waals surface area contributed by atoms with Gasteiger partial charge in [0.25, 0.3) is 0 Å². The first kappa shape index (κ1) is 22.7. The average molecular weight is 464 g/mol. The van der Waals surface area contributed by atoms with Crippen LogP contribution in [-0.2, 0) is 29.2 Å². The zero-order valence-electron chi connectivity index (χ0n) is 16.0. The molecule has 166 valence electrons. The summed E-state index contributed by atoms with van der Waals surface area (Å²) in [6.07, 6.45) is -9.12. The Bertz CT molecular complexity index is 1230. The van der Waals surface area contributed by atoms with E-state index in [2.05, 4.69) is 15.2 Å². The lowest BCUT2D eigenvalue weighted by Gasteiger charge is -2.14. The molecule has 0 spiro atoms. The van der Waals surface area contributed by atoms with Gasteiger partial charge in [0.2, 0.25) is 0 Å². The highest BCUT2D eigenvalue weighted by Crippen LogP contribution is 2.38. The highest BCUT2D eigenvalue weighted by Gasteiger charge is 2.36. The van der Waals surface area contributed by atoms with Gasteiger partial charge in [-0.1, -0.05) is 25.1 Å². The van der Waals surface area contributed by atoms with Crippen molar-refractivity contribution < 1.29 is 34.8 Å². The highest BCUT2D eigenvalue weighted by molar-refractivity contribution is 7.91. The molecule has 0 aliphatic rings. The van der Waals surface area contributed by atoms with Crippen molar-refractivity contribution in [1.29, 1.82) is 0 Å². The van der Waals surface area contributed by atoms with Crippen LogP contribution in [0.5, 0.6) is 0 Å². The molecule has 0 radical (unpaired) electrons. The van der Waals surface area contributed by atoms with Crippen molar-refractivity contribution >= 4 is 9.84 Å². The molecule has 0 saturated carbocycles. The van der Waals surface area contributed by atoms with Gasteiger partial charge >= 0.3 is 12.4 Å². The summed E-state index contributed by atoms with van der Waals surface area (Å²) in [6, 6.07) is 4.96. The summed E-state index contributed by atoms with van der Waals surface area (Å²) in [6.45, 7) is 1.24.